The van der Waals surface area contributed by atoms with Gasteiger partial charge in [0.1, 0.15) is 5.82 Å². The Balaban J connectivity index is 2.42. The van der Waals surface area contributed by atoms with Crippen LogP contribution in [0.25, 0.3) is 11.0 Å². The fraction of sp³-hybridized carbons (Fsp3) is 0.333. The number of benzene rings is 1. The highest BCUT2D eigenvalue weighted by Crippen LogP contribution is 2.16. The summed E-state index contributed by atoms with van der Waals surface area (Å²) >= 11 is 0. The number of nitrogens with two attached hydrogens (primary N) is 1. The molecule has 0 saturated heterocycles. The first kappa shape index (κ1) is 10.8. The van der Waals surface area contributed by atoms with Gasteiger partial charge in [0.25, 0.3) is 0 Å². The van der Waals surface area contributed by atoms with Crippen LogP contribution in [0.3, 0.4) is 0 Å². The second-order valence-electron chi connectivity index (χ2n) is 3.93. The van der Waals surface area contributed by atoms with Gasteiger partial charge in [-0.1, -0.05) is 12.1 Å². The molecule has 0 fully saturated rings. The molecule has 1 atom stereocenters. The highest BCUT2D eigenvalue weighted by Gasteiger charge is 2.06. The SMILES string of the molecule is Cc1nc2ccccc2nc1NC(C)CN. The molecule has 0 aliphatic heterocycles. The molecule has 4 heteroatoms. The van der Waals surface area contributed by atoms with Crippen molar-refractivity contribution in [1.82, 2.24) is 9.97 Å². The first-order chi connectivity index (χ1) is 7.70. The molecule has 1 aromatic heterocycles. The van der Waals surface area contributed by atoms with Crippen LogP contribution in [0.4, 0.5) is 5.82 Å². The Labute approximate surface area is 94.9 Å². The zero-order chi connectivity index (χ0) is 11.5. The van der Waals surface area contributed by atoms with Crippen LogP contribution >= 0.6 is 0 Å². The fourth-order valence-electron chi connectivity index (χ4n) is 1.52. The van der Waals surface area contributed by atoms with Gasteiger partial charge in [0.15, 0.2) is 0 Å². The van der Waals surface area contributed by atoms with Crippen molar-refractivity contribution in [3.63, 3.8) is 0 Å². The summed E-state index contributed by atoms with van der Waals surface area (Å²) < 4.78 is 0. The van der Waals surface area contributed by atoms with Crippen molar-refractivity contribution in [2.75, 3.05) is 11.9 Å². The van der Waals surface area contributed by atoms with Crippen LogP contribution in [0, 0.1) is 6.92 Å². The molecule has 1 aromatic carbocycles. The predicted molar refractivity (Wildman–Crippen MR) is 66.4 cm³/mol. The number of hydrogen-bond acceptors (Lipinski definition) is 4. The number of aromatic nitrogens is 2. The van der Waals surface area contributed by atoms with Crippen molar-refractivity contribution in [3.05, 3.63) is 30.0 Å². The summed E-state index contributed by atoms with van der Waals surface area (Å²) in [7, 11) is 0. The summed E-state index contributed by atoms with van der Waals surface area (Å²) in [5, 5.41) is 3.25. The maximum Gasteiger partial charge on any atom is 0.148 e. The van der Waals surface area contributed by atoms with Crippen LogP contribution in [0.1, 0.15) is 12.6 Å². The lowest BCUT2D eigenvalue weighted by Gasteiger charge is -2.14. The van der Waals surface area contributed by atoms with Gasteiger partial charge < -0.3 is 11.1 Å². The minimum absolute atomic E-state index is 0.203. The molecule has 4 nitrogen and oxygen atoms in total. The molecule has 0 saturated carbocycles. The van der Waals surface area contributed by atoms with E-state index in [-0.39, 0.29) is 6.04 Å². The van der Waals surface area contributed by atoms with E-state index in [9.17, 15) is 0 Å². The number of fused-ring (bicyclic) bond motifs is 1. The minimum Gasteiger partial charge on any atom is -0.365 e. The molecule has 0 amide bonds. The Bertz CT molecular complexity index is 495. The second-order valence-corrected chi connectivity index (χ2v) is 3.93. The maximum absolute atomic E-state index is 5.57. The molecular formula is C12H16N4. The number of anilines is 1. The second kappa shape index (κ2) is 4.45. The molecule has 0 spiro atoms. The highest BCUT2D eigenvalue weighted by atomic mass is 15.0. The van der Waals surface area contributed by atoms with E-state index in [1.54, 1.807) is 0 Å². The van der Waals surface area contributed by atoms with Crippen molar-refractivity contribution in [1.29, 1.82) is 0 Å². The lowest BCUT2D eigenvalue weighted by molar-refractivity contribution is 0.796. The Morgan fingerprint density at radius 2 is 1.88 bits per heavy atom. The third-order valence-electron chi connectivity index (χ3n) is 2.48. The molecule has 2 rings (SSSR count). The Morgan fingerprint density at radius 3 is 2.50 bits per heavy atom. The van der Waals surface area contributed by atoms with E-state index >= 15 is 0 Å². The quantitative estimate of drug-likeness (QED) is 0.819. The zero-order valence-electron chi connectivity index (χ0n) is 9.57. The smallest absolute Gasteiger partial charge is 0.148 e. The fourth-order valence-corrected chi connectivity index (χ4v) is 1.52. The van der Waals surface area contributed by atoms with Gasteiger partial charge >= 0.3 is 0 Å². The molecule has 1 heterocycles. The number of nitrogens with one attached hydrogen (secondary N) is 1. The highest BCUT2D eigenvalue weighted by molar-refractivity contribution is 5.76. The van der Waals surface area contributed by atoms with Crippen molar-refractivity contribution in [3.8, 4) is 0 Å². The first-order valence-corrected chi connectivity index (χ1v) is 5.40. The van der Waals surface area contributed by atoms with Crippen LogP contribution < -0.4 is 11.1 Å². The van der Waals surface area contributed by atoms with Crippen LogP contribution in [-0.2, 0) is 0 Å². The minimum atomic E-state index is 0.203. The normalized spacial score (nSPS) is 12.7. The van der Waals surface area contributed by atoms with Gasteiger partial charge in [0.05, 0.1) is 16.7 Å². The first-order valence-electron chi connectivity index (χ1n) is 5.40. The average molecular weight is 216 g/mol. The molecule has 2 aromatic rings. The van der Waals surface area contributed by atoms with E-state index in [4.69, 9.17) is 5.73 Å². The van der Waals surface area contributed by atoms with Crippen molar-refractivity contribution < 1.29 is 0 Å². The summed E-state index contributed by atoms with van der Waals surface area (Å²) in [4.78, 5) is 9.03. The molecule has 0 aliphatic rings. The summed E-state index contributed by atoms with van der Waals surface area (Å²) in [5.74, 6) is 0.816. The number of rotatable bonds is 3. The van der Waals surface area contributed by atoms with E-state index in [1.165, 1.54) is 0 Å². The molecule has 0 aliphatic carbocycles. The van der Waals surface area contributed by atoms with Gasteiger partial charge in [-0.25, -0.2) is 9.97 Å². The van der Waals surface area contributed by atoms with Crippen molar-refractivity contribution in [2.45, 2.75) is 19.9 Å². The summed E-state index contributed by atoms with van der Waals surface area (Å²) in [5.41, 5.74) is 8.30. The molecule has 1 unspecified atom stereocenters. The topological polar surface area (TPSA) is 63.8 Å². The van der Waals surface area contributed by atoms with Gasteiger partial charge in [-0.2, -0.15) is 0 Å². The Kier molecular flexibility index (Phi) is 3.01. The average Bonchev–Trinajstić information content (AvgIpc) is 2.30. The molecule has 0 bridgehead atoms. The van der Waals surface area contributed by atoms with Crippen LogP contribution in [-0.4, -0.2) is 22.6 Å². The predicted octanol–water partition coefficient (Wildman–Crippen LogP) is 1.70. The Hall–Kier alpha value is -1.68. The van der Waals surface area contributed by atoms with Gasteiger partial charge in [0.2, 0.25) is 0 Å². The lowest BCUT2D eigenvalue weighted by Crippen LogP contribution is -2.26. The molecule has 3 N–H and O–H groups in total. The Morgan fingerprint density at radius 1 is 1.25 bits per heavy atom. The van der Waals surface area contributed by atoms with Gasteiger partial charge in [-0.3, -0.25) is 0 Å². The number of nitrogens with zero attached hydrogens (tertiary/aromatic N) is 2. The standard InChI is InChI=1S/C12H16N4/c1-8(7-13)14-12-9(2)15-10-5-3-4-6-11(10)16-12/h3-6,8H,7,13H2,1-2H3,(H,14,16). The van der Waals surface area contributed by atoms with Crippen LogP contribution in [0.15, 0.2) is 24.3 Å². The largest absolute Gasteiger partial charge is 0.365 e. The van der Waals surface area contributed by atoms with Crippen molar-refractivity contribution >= 4 is 16.9 Å². The number of hydrogen-bond donors (Lipinski definition) is 2. The maximum atomic E-state index is 5.57. The van der Waals surface area contributed by atoms with Crippen LogP contribution in [0.2, 0.25) is 0 Å². The third kappa shape index (κ3) is 2.12. The monoisotopic (exact) mass is 216 g/mol. The van der Waals surface area contributed by atoms with Crippen LogP contribution in [0.5, 0.6) is 0 Å². The van der Waals surface area contributed by atoms with E-state index in [0.717, 1.165) is 22.5 Å². The van der Waals surface area contributed by atoms with E-state index in [1.807, 2.05) is 38.1 Å². The molecule has 16 heavy (non-hydrogen) atoms. The number of aryl methyl sites for hydroxylation is 1. The van der Waals surface area contributed by atoms with E-state index in [2.05, 4.69) is 15.3 Å². The van der Waals surface area contributed by atoms with Crippen molar-refractivity contribution in [2.24, 2.45) is 5.73 Å². The van der Waals surface area contributed by atoms with Gasteiger partial charge in [0, 0.05) is 12.6 Å². The number of para-hydroxylation sites is 2. The molecular weight excluding hydrogens is 200 g/mol. The van der Waals surface area contributed by atoms with Gasteiger partial charge in [-0.15, -0.1) is 0 Å². The zero-order valence-corrected chi connectivity index (χ0v) is 9.57. The third-order valence-corrected chi connectivity index (χ3v) is 2.48. The lowest BCUT2D eigenvalue weighted by atomic mass is 10.2. The van der Waals surface area contributed by atoms with E-state index in [0.29, 0.717) is 6.54 Å². The molecule has 0 radical (unpaired) electrons. The summed E-state index contributed by atoms with van der Waals surface area (Å²) in [6, 6.07) is 8.05. The summed E-state index contributed by atoms with van der Waals surface area (Å²) in [6.07, 6.45) is 0. The van der Waals surface area contributed by atoms with Gasteiger partial charge in [-0.05, 0) is 26.0 Å². The molecule has 84 valence electrons. The van der Waals surface area contributed by atoms with E-state index < -0.39 is 0 Å². The summed E-state index contributed by atoms with van der Waals surface area (Å²) in [6.45, 7) is 4.55.